The van der Waals surface area contributed by atoms with Gasteiger partial charge in [0.15, 0.2) is 0 Å². The van der Waals surface area contributed by atoms with Crippen LogP contribution >= 0.6 is 0 Å². The summed E-state index contributed by atoms with van der Waals surface area (Å²) < 4.78 is 28.4. The normalized spacial score (nSPS) is 24.9. The van der Waals surface area contributed by atoms with Gasteiger partial charge in [0.05, 0.1) is 73.6 Å². The summed E-state index contributed by atoms with van der Waals surface area (Å²) in [5, 5.41) is 7.60. The predicted molar refractivity (Wildman–Crippen MR) is 277 cm³/mol. The first-order chi connectivity index (χ1) is 35.1. The lowest BCUT2D eigenvalue weighted by Crippen LogP contribution is -2.56. The van der Waals surface area contributed by atoms with E-state index in [0.717, 1.165) is 67.5 Å². The van der Waals surface area contributed by atoms with Gasteiger partial charge < -0.3 is 54.1 Å². The van der Waals surface area contributed by atoms with Gasteiger partial charge in [-0.25, -0.2) is 19.6 Å². The lowest BCUT2D eigenvalue weighted by atomic mass is 9.85. The van der Waals surface area contributed by atoms with E-state index >= 15 is 0 Å². The van der Waals surface area contributed by atoms with Gasteiger partial charge in [-0.3, -0.25) is 9.59 Å². The van der Waals surface area contributed by atoms with Crippen LogP contribution in [0.1, 0.15) is 123 Å². The monoisotopic (exact) mass is 999 g/mol. The zero-order chi connectivity index (χ0) is 51.8. The zero-order valence-corrected chi connectivity index (χ0v) is 43.5. The van der Waals surface area contributed by atoms with Gasteiger partial charge in [0.25, 0.3) is 0 Å². The standard InChI is InChI=1S/C56H70N8O9/c1-11-29(3)63(54(66)49(62-56(68)70-10)38-20-32(6)72-33(7)21-38)34(8)51-57-27-46(59-51)37-14-16-41-39(24-37)28-71-48-26-42-36(25-43(41)48)15-17-44-50(42)61-52(58-44)47-18-13-30(4)64(47)53(65)45(60-55(67)69-9)23-35-19-31(5)73-40(12-2)22-35/h12,14-17,23-27,29-34,38,40,45,47,49H,2,11,13,18-22,28H2,1,3-10H3,(H,57,59)(H,58,61)(H,60,67)(H,62,68)/b35-23+/t29-,30-,31+,32+,33+,34-,40+,45-,47-,49-/m0/s1. The molecule has 0 spiro atoms. The van der Waals surface area contributed by atoms with Crippen LogP contribution in [0.25, 0.3) is 44.2 Å². The van der Waals surface area contributed by atoms with Crippen molar-refractivity contribution in [3.63, 3.8) is 0 Å². The number of rotatable bonds is 13. The number of aromatic nitrogens is 4. The first-order valence-electron chi connectivity index (χ1n) is 25.8. The van der Waals surface area contributed by atoms with E-state index in [1.807, 2.05) is 70.4 Å². The number of nitrogens with one attached hydrogen (secondary N) is 4. The second-order valence-electron chi connectivity index (χ2n) is 20.5. The summed E-state index contributed by atoms with van der Waals surface area (Å²) in [7, 11) is 2.60. The van der Waals surface area contributed by atoms with E-state index < -0.39 is 30.3 Å². The number of hydrogen-bond donors (Lipinski definition) is 4. The maximum Gasteiger partial charge on any atom is 0.407 e. The number of alkyl carbamates (subject to hydrolysis) is 2. The number of amides is 4. The molecule has 0 bridgehead atoms. The predicted octanol–water partition coefficient (Wildman–Crippen LogP) is 9.74. The molecule has 3 fully saturated rings. The number of benzene rings is 3. The van der Waals surface area contributed by atoms with Gasteiger partial charge in [0.2, 0.25) is 11.8 Å². The maximum atomic E-state index is 14.7. The largest absolute Gasteiger partial charge is 0.488 e. The Hall–Kier alpha value is -6.72. The first kappa shape index (κ1) is 51.2. The summed E-state index contributed by atoms with van der Waals surface area (Å²) in [6.07, 6.45) is 8.44. The van der Waals surface area contributed by atoms with Crippen molar-refractivity contribution < 1.29 is 42.9 Å². The number of hydrogen-bond acceptors (Lipinski definition) is 11. The molecule has 4 N–H and O–H groups in total. The topological polar surface area (TPSA) is 202 Å². The van der Waals surface area contributed by atoms with Crippen LogP contribution in [0.2, 0.25) is 0 Å². The van der Waals surface area contributed by atoms with Crippen molar-refractivity contribution in [3.05, 3.63) is 90.2 Å². The highest BCUT2D eigenvalue weighted by atomic mass is 16.5. The third-order valence-electron chi connectivity index (χ3n) is 15.4. The number of imidazole rings is 2. The molecule has 3 aromatic carbocycles. The van der Waals surface area contributed by atoms with Crippen LogP contribution < -0.4 is 15.4 Å². The first-order valence-corrected chi connectivity index (χ1v) is 25.8. The van der Waals surface area contributed by atoms with E-state index in [0.29, 0.717) is 56.8 Å². The molecule has 0 unspecified atom stereocenters. The molecule has 10 atom stereocenters. The molecule has 6 heterocycles. The average molecular weight is 999 g/mol. The van der Waals surface area contributed by atoms with Gasteiger partial charge in [-0.15, -0.1) is 6.58 Å². The summed E-state index contributed by atoms with van der Waals surface area (Å²) in [4.78, 5) is 75.3. The summed E-state index contributed by atoms with van der Waals surface area (Å²) in [6, 6.07) is 11.9. The van der Waals surface area contributed by atoms with Crippen LogP contribution in [0.4, 0.5) is 9.59 Å². The number of H-pyrrole nitrogens is 2. The van der Waals surface area contributed by atoms with Crippen LogP contribution in [-0.4, -0.2) is 117 Å². The van der Waals surface area contributed by atoms with Gasteiger partial charge in [0, 0.05) is 23.0 Å². The molecule has 2 aromatic heterocycles. The highest BCUT2D eigenvalue weighted by Crippen LogP contribution is 2.44. The molecule has 0 saturated carbocycles. The zero-order valence-electron chi connectivity index (χ0n) is 43.5. The van der Waals surface area contributed by atoms with Gasteiger partial charge in [0.1, 0.15) is 36.1 Å². The van der Waals surface area contributed by atoms with E-state index in [2.05, 4.69) is 63.6 Å². The van der Waals surface area contributed by atoms with Gasteiger partial charge in [-0.2, -0.15) is 0 Å². The molecule has 3 saturated heterocycles. The molecular formula is C56H70N8O9. The lowest BCUT2D eigenvalue weighted by molar-refractivity contribution is -0.142. The van der Waals surface area contributed by atoms with Gasteiger partial charge >= 0.3 is 12.2 Å². The summed E-state index contributed by atoms with van der Waals surface area (Å²) in [5.74, 6) is 1.53. The molecule has 4 aliphatic rings. The number of carbonyl (C=O) groups excluding carboxylic acids is 4. The molecule has 5 aromatic rings. The fraction of sp³-hybridized carbons (Fsp3) is 0.500. The second kappa shape index (κ2) is 21.4. The highest BCUT2D eigenvalue weighted by Gasteiger charge is 2.42. The molecule has 17 nitrogen and oxygen atoms in total. The molecule has 4 aliphatic heterocycles. The van der Waals surface area contributed by atoms with E-state index in [-0.39, 0.29) is 60.3 Å². The summed E-state index contributed by atoms with van der Waals surface area (Å²) in [5.41, 5.74) is 7.43. The quantitative estimate of drug-likeness (QED) is 0.0818. The number of methoxy groups -OCH3 is 2. The molecule has 0 radical (unpaired) electrons. The van der Waals surface area contributed by atoms with Crippen molar-refractivity contribution in [2.45, 2.75) is 161 Å². The smallest absolute Gasteiger partial charge is 0.407 e. The van der Waals surface area contributed by atoms with E-state index in [9.17, 15) is 19.2 Å². The number of nitrogens with zero attached hydrogens (tertiary/aromatic N) is 4. The average Bonchev–Trinajstić information content (AvgIpc) is 4.15. The minimum atomic E-state index is -0.939. The Bertz CT molecular complexity index is 2920. The van der Waals surface area contributed by atoms with Crippen molar-refractivity contribution in [3.8, 4) is 28.1 Å². The fourth-order valence-electron chi connectivity index (χ4n) is 11.7. The molecule has 4 amide bonds. The van der Waals surface area contributed by atoms with Crippen LogP contribution in [0.3, 0.4) is 0 Å². The molecular weight excluding hydrogens is 929 g/mol. The minimum absolute atomic E-state index is 0.0523. The Morgan fingerprint density at radius 1 is 0.918 bits per heavy atom. The van der Waals surface area contributed by atoms with Gasteiger partial charge in [-0.1, -0.05) is 42.8 Å². The molecule has 388 valence electrons. The van der Waals surface area contributed by atoms with Gasteiger partial charge in [-0.05, 0) is 139 Å². The molecule has 17 heteroatoms. The summed E-state index contributed by atoms with van der Waals surface area (Å²) >= 11 is 0. The van der Waals surface area contributed by atoms with Crippen molar-refractivity contribution in [1.29, 1.82) is 0 Å². The maximum absolute atomic E-state index is 14.7. The van der Waals surface area contributed by atoms with E-state index in [1.165, 1.54) is 14.2 Å². The van der Waals surface area contributed by atoms with Crippen LogP contribution in [-0.2, 0) is 35.1 Å². The molecule has 0 aliphatic carbocycles. The second-order valence-corrected chi connectivity index (χ2v) is 20.5. The lowest BCUT2D eigenvalue weighted by Gasteiger charge is -2.41. The number of aromatic amines is 2. The van der Waals surface area contributed by atoms with E-state index in [4.69, 9.17) is 33.7 Å². The number of ether oxygens (including phenoxy) is 5. The van der Waals surface area contributed by atoms with Crippen molar-refractivity contribution >= 4 is 45.8 Å². The number of likely N-dealkylation sites (tertiary alicyclic amines) is 1. The highest BCUT2D eigenvalue weighted by molar-refractivity contribution is 6.07. The number of fused-ring (bicyclic) bond motifs is 6. The minimum Gasteiger partial charge on any atom is -0.488 e. The Labute approximate surface area is 426 Å². The third kappa shape index (κ3) is 10.4. The van der Waals surface area contributed by atoms with Crippen molar-refractivity contribution in [2.75, 3.05) is 14.2 Å². The Morgan fingerprint density at radius 2 is 1.67 bits per heavy atom. The Balaban J connectivity index is 0.958. The van der Waals surface area contributed by atoms with Crippen molar-refractivity contribution in [1.82, 2.24) is 40.4 Å². The third-order valence-corrected chi connectivity index (χ3v) is 15.4. The summed E-state index contributed by atoms with van der Waals surface area (Å²) in [6.45, 7) is 18.3. The number of carbonyl (C=O) groups is 4. The molecule has 73 heavy (non-hydrogen) atoms. The SMILES string of the molecule is C=C[C@@H]1C/C(=C/[C@H](NC(=O)OC)C(=O)N2[C@@H](C)CC[C@H]2c2nc3c(ccc4cc5c(cc43)OCc3cc(-c4cnc([C@H](C)N(C(=O)[C@@H](NC(=O)OC)C6C[C@@H](C)O[C@H](C)C6)[C@@H](C)CC)[nH]4)ccc3-5)[nH]2)C[C@@H](C)O1. The van der Waals surface area contributed by atoms with Crippen LogP contribution in [0, 0.1) is 5.92 Å². The van der Waals surface area contributed by atoms with Crippen LogP contribution in [0.5, 0.6) is 5.75 Å². The fourth-order valence-corrected chi connectivity index (χ4v) is 11.7. The van der Waals surface area contributed by atoms with Crippen molar-refractivity contribution in [2.24, 2.45) is 5.92 Å². The molecule has 9 rings (SSSR count). The van der Waals surface area contributed by atoms with E-state index in [1.54, 1.807) is 12.3 Å². The van der Waals surface area contributed by atoms with Crippen LogP contribution in [0.15, 0.2) is 73.0 Å². The Kier molecular flexibility index (Phi) is 15.0. The Morgan fingerprint density at radius 3 is 2.40 bits per heavy atom.